The molecule has 13 heteroatoms. The summed E-state index contributed by atoms with van der Waals surface area (Å²) in [5.74, 6) is -0.594. The molecule has 0 amide bonds. The first kappa shape index (κ1) is 20.1. The second-order valence-electron chi connectivity index (χ2n) is 4.98. The molecule has 9 nitrogen and oxygen atoms in total. The Morgan fingerprint density at radius 2 is 1.74 bits per heavy atom. The topological polar surface area (TPSA) is 131 Å². The van der Waals surface area contributed by atoms with E-state index in [4.69, 9.17) is 0 Å². The number of nitro groups is 2. The quantitative estimate of drug-likeness (QED) is 0.394. The summed E-state index contributed by atoms with van der Waals surface area (Å²) in [5, 5.41) is 35.0. The lowest BCUT2D eigenvalue weighted by Gasteiger charge is -2.08. The lowest BCUT2D eigenvalue weighted by molar-refractivity contribution is -0.386. The molecule has 0 saturated heterocycles. The lowest BCUT2D eigenvalue weighted by Crippen LogP contribution is -2.06. The maximum absolute atomic E-state index is 12.7. The van der Waals surface area contributed by atoms with Crippen LogP contribution in [-0.4, -0.2) is 21.2 Å². The van der Waals surface area contributed by atoms with Crippen molar-refractivity contribution >= 4 is 39.2 Å². The van der Waals surface area contributed by atoms with Crippen LogP contribution in [0.3, 0.4) is 0 Å². The molecular formula is C14H8BrF3N4O5. The summed E-state index contributed by atoms with van der Waals surface area (Å²) in [6.45, 7) is 0. The van der Waals surface area contributed by atoms with Crippen LogP contribution in [0.2, 0.25) is 0 Å². The van der Waals surface area contributed by atoms with E-state index in [1.807, 2.05) is 0 Å². The van der Waals surface area contributed by atoms with Gasteiger partial charge in [0.15, 0.2) is 0 Å². The SMILES string of the molecule is O=[N+]([O-])c1cc(C(F)(F)F)ccc1NN=Cc1cc(Br)c(O)c([N+](=O)[O-])c1. The third-order valence-electron chi connectivity index (χ3n) is 3.18. The Hall–Kier alpha value is -3.22. The van der Waals surface area contributed by atoms with Crippen LogP contribution in [0.4, 0.5) is 30.2 Å². The number of hydrazone groups is 1. The molecule has 2 aromatic carbocycles. The molecule has 0 bridgehead atoms. The molecule has 0 unspecified atom stereocenters. The van der Waals surface area contributed by atoms with E-state index in [0.717, 1.165) is 18.3 Å². The van der Waals surface area contributed by atoms with Gasteiger partial charge in [-0.05, 0) is 34.1 Å². The molecule has 0 aromatic heterocycles. The van der Waals surface area contributed by atoms with E-state index < -0.39 is 38.7 Å². The van der Waals surface area contributed by atoms with Gasteiger partial charge in [-0.1, -0.05) is 0 Å². The highest BCUT2D eigenvalue weighted by atomic mass is 79.9. The van der Waals surface area contributed by atoms with Crippen molar-refractivity contribution in [2.24, 2.45) is 5.10 Å². The Morgan fingerprint density at radius 3 is 2.30 bits per heavy atom. The van der Waals surface area contributed by atoms with Crippen molar-refractivity contribution in [3.8, 4) is 5.75 Å². The van der Waals surface area contributed by atoms with Crippen LogP contribution in [0.25, 0.3) is 0 Å². The summed E-state index contributed by atoms with van der Waals surface area (Å²) in [6, 6.07) is 4.13. The minimum atomic E-state index is -4.75. The average molecular weight is 449 g/mol. The standard InChI is InChI=1S/C14H8BrF3N4O5/c15-9-3-7(4-12(13(9)23)22(26)27)6-19-20-10-2-1-8(14(16,17)18)5-11(10)21(24)25/h1-6,20,23H. The van der Waals surface area contributed by atoms with Crippen molar-refractivity contribution in [1.29, 1.82) is 0 Å². The van der Waals surface area contributed by atoms with E-state index >= 15 is 0 Å². The number of phenolic OH excluding ortho intramolecular Hbond substituents is 1. The third-order valence-corrected chi connectivity index (χ3v) is 3.79. The van der Waals surface area contributed by atoms with Gasteiger partial charge in [0, 0.05) is 17.7 Å². The van der Waals surface area contributed by atoms with Gasteiger partial charge in [0.2, 0.25) is 5.75 Å². The van der Waals surface area contributed by atoms with Crippen molar-refractivity contribution < 1.29 is 28.1 Å². The molecule has 2 rings (SSSR count). The summed E-state index contributed by atoms with van der Waals surface area (Å²) >= 11 is 2.93. The molecular weight excluding hydrogens is 441 g/mol. The molecule has 0 fully saturated rings. The monoisotopic (exact) mass is 448 g/mol. The number of hydrogen-bond donors (Lipinski definition) is 2. The molecule has 2 aromatic rings. The third kappa shape index (κ3) is 4.69. The Labute approximate surface area is 156 Å². The Kier molecular flexibility index (Phi) is 5.64. The molecule has 142 valence electrons. The highest BCUT2D eigenvalue weighted by Gasteiger charge is 2.33. The Morgan fingerprint density at radius 1 is 1.11 bits per heavy atom. The molecule has 2 N–H and O–H groups in total. The first-order valence-corrected chi connectivity index (χ1v) is 7.61. The van der Waals surface area contributed by atoms with Crippen molar-refractivity contribution in [1.82, 2.24) is 0 Å². The van der Waals surface area contributed by atoms with Gasteiger partial charge < -0.3 is 5.11 Å². The van der Waals surface area contributed by atoms with E-state index in [0.29, 0.717) is 12.1 Å². The second kappa shape index (κ2) is 7.57. The molecule has 0 aliphatic heterocycles. The van der Waals surface area contributed by atoms with Crippen LogP contribution < -0.4 is 5.43 Å². The zero-order valence-electron chi connectivity index (χ0n) is 12.9. The van der Waals surface area contributed by atoms with E-state index in [9.17, 15) is 38.5 Å². The number of benzene rings is 2. The molecule has 0 radical (unpaired) electrons. The summed E-state index contributed by atoms with van der Waals surface area (Å²) in [7, 11) is 0. The van der Waals surface area contributed by atoms with E-state index in [1.165, 1.54) is 6.07 Å². The summed E-state index contributed by atoms with van der Waals surface area (Å²) in [6.07, 6.45) is -3.71. The molecule has 0 aliphatic carbocycles. The number of nitrogens with one attached hydrogen (secondary N) is 1. The first-order chi connectivity index (χ1) is 12.5. The van der Waals surface area contributed by atoms with Gasteiger partial charge in [-0.25, -0.2) is 0 Å². The highest BCUT2D eigenvalue weighted by Crippen LogP contribution is 2.36. The number of nitro benzene ring substituents is 2. The zero-order chi connectivity index (χ0) is 20.4. The molecule has 0 spiro atoms. The number of nitrogens with zero attached hydrogens (tertiary/aromatic N) is 3. The van der Waals surface area contributed by atoms with Crippen LogP contribution in [0.1, 0.15) is 11.1 Å². The van der Waals surface area contributed by atoms with Crippen molar-refractivity contribution in [2.45, 2.75) is 6.18 Å². The number of hydrogen-bond acceptors (Lipinski definition) is 7. The van der Waals surface area contributed by atoms with Crippen LogP contribution >= 0.6 is 15.9 Å². The van der Waals surface area contributed by atoms with E-state index in [-0.39, 0.29) is 15.7 Å². The van der Waals surface area contributed by atoms with Gasteiger partial charge in [0.05, 0.1) is 26.1 Å². The molecule has 0 heterocycles. The number of rotatable bonds is 5. The van der Waals surface area contributed by atoms with Crippen molar-refractivity contribution in [3.63, 3.8) is 0 Å². The highest BCUT2D eigenvalue weighted by molar-refractivity contribution is 9.10. The van der Waals surface area contributed by atoms with Gasteiger partial charge in [0.25, 0.3) is 5.69 Å². The number of anilines is 1. The predicted octanol–water partition coefficient (Wildman–Crippen LogP) is 4.44. The molecule has 0 saturated carbocycles. The number of phenols is 1. The fourth-order valence-corrected chi connectivity index (χ4v) is 2.42. The zero-order valence-corrected chi connectivity index (χ0v) is 14.5. The van der Waals surface area contributed by atoms with E-state index in [2.05, 4.69) is 26.5 Å². The molecule has 0 atom stereocenters. The average Bonchev–Trinajstić information content (AvgIpc) is 2.56. The van der Waals surface area contributed by atoms with Crippen LogP contribution in [0.15, 0.2) is 39.9 Å². The maximum atomic E-state index is 12.7. The second-order valence-corrected chi connectivity index (χ2v) is 5.84. The van der Waals surface area contributed by atoms with Crippen molar-refractivity contribution in [2.75, 3.05) is 5.43 Å². The summed E-state index contributed by atoms with van der Waals surface area (Å²) < 4.78 is 38.0. The summed E-state index contributed by atoms with van der Waals surface area (Å²) in [4.78, 5) is 20.0. The normalized spacial score (nSPS) is 11.6. The number of halogens is 4. The smallest absolute Gasteiger partial charge is 0.416 e. The van der Waals surface area contributed by atoms with Gasteiger partial charge in [-0.2, -0.15) is 18.3 Å². The van der Waals surface area contributed by atoms with Gasteiger partial charge in [-0.3, -0.25) is 25.7 Å². The minimum Gasteiger partial charge on any atom is -0.501 e. The Bertz CT molecular complexity index is 949. The molecule has 27 heavy (non-hydrogen) atoms. The maximum Gasteiger partial charge on any atom is 0.416 e. The van der Waals surface area contributed by atoms with Gasteiger partial charge in [-0.15, -0.1) is 0 Å². The van der Waals surface area contributed by atoms with E-state index in [1.54, 1.807) is 0 Å². The summed E-state index contributed by atoms with van der Waals surface area (Å²) in [5.41, 5.74) is -0.590. The minimum absolute atomic E-state index is 0.0126. The van der Waals surface area contributed by atoms with Gasteiger partial charge in [0.1, 0.15) is 5.69 Å². The largest absolute Gasteiger partial charge is 0.501 e. The van der Waals surface area contributed by atoms with Crippen molar-refractivity contribution in [3.05, 3.63) is 66.2 Å². The number of alkyl halides is 3. The van der Waals surface area contributed by atoms with Crippen LogP contribution in [-0.2, 0) is 6.18 Å². The van der Waals surface area contributed by atoms with Crippen LogP contribution in [0.5, 0.6) is 5.75 Å². The lowest BCUT2D eigenvalue weighted by atomic mass is 10.1. The van der Waals surface area contributed by atoms with Crippen LogP contribution in [0, 0.1) is 20.2 Å². The fourth-order valence-electron chi connectivity index (χ4n) is 1.95. The predicted molar refractivity (Wildman–Crippen MR) is 91.8 cm³/mol. The number of aromatic hydroxyl groups is 1. The molecule has 0 aliphatic rings. The first-order valence-electron chi connectivity index (χ1n) is 6.82. The fraction of sp³-hybridized carbons (Fsp3) is 0.0714. The Balaban J connectivity index is 2.31. The van der Waals surface area contributed by atoms with Gasteiger partial charge >= 0.3 is 11.9 Å².